The van der Waals surface area contributed by atoms with Crippen molar-refractivity contribution in [3.05, 3.63) is 0 Å². The molecule has 0 spiro atoms. The Balaban J connectivity index is 2.04. The van der Waals surface area contributed by atoms with E-state index in [1.165, 1.54) is 32.1 Å². The van der Waals surface area contributed by atoms with E-state index in [1.54, 1.807) is 0 Å². The predicted octanol–water partition coefficient (Wildman–Crippen LogP) is 3.01. The normalized spacial score (nSPS) is 28.3. The van der Waals surface area contributed by atoms with Crippen LogP contribution in [0.2, 0.25) is 0 Å². The Labute approximate surface area is 88.0 Å². The van der Waals surface area contributed by atoms with Crippen molar-refractivity contribution >= 4 is 0 Å². The van der Waals surface area contributed by atoms with Gasteiger partial charge in [0.25, 0.3) is 0 Å². The fourth-order valence-corrected chi connectivity index (χ4v) is 1.91. The van der Waals surface area contributed by atoms with Crippen LogP contribution in [0.5, 0.6) is 0 Å². The van der Waals surface area contributed by atoms with Crippen molar-refractivity contribution in [3.8, 4) is 0 Å². The molecule has 0 N–H and O–H groups in total. The van der Waals surface area contributed by atoms with Gasteiger partial charge in [-0.05, 0) is 38.0 Å². The molecule has 1 aliphatic carbocycles. The maximum absolute atomic E-state index is 5.83. The molecule has 1 saturated carbocycles. The van der Waals surface area contributed by atoms with Gasteiger partial charge in [0, 0.05) is 13.7 Å². The quantitative estimate of drug-likeness (QED) is 0.679. The Bertz CT molecular complexity index is 137. The van der Waals surface area contributed by atoms with Crippen LogP contribution in [0.1, 0.15) is 46.0 Å². The van der Waals surface area contributed by atoms with Crippen molar-refractivity contribution < 1.29 is 9.47 Å². The number of rotatable bonds is 5. The second-order valence-electron chi connectivity index (χ2n) is 4.69. The minimum Gasteiger partial charge on any atom is -0.381 e. The molecular weight excluding hydrogens is 176 g/mol. The largest absolute Gasteiger partial charge is 0.381 e. The van der Waals surface area contributed by atoms with E-state index in [0.717, 1.165) is 12.5 Å². The summed E-state index contributed by atoms with van der Waals surface area (Å²) in [6.07, 6.45) is 6.86. The first kappa shape index (κ1) is 12.0. The molecule has 0 atom stereocenters. The van der Waals surface area contributed by atoms with Crippen LogP contribution in [0.25, 0.3) is 0 Å². The van der Waals surface area contributed by atoms with Crippen LogP contribution in [-0.2, 0) is 9.47 Å². The Morgan fingerprint density at radius 1 is 1.07 bits per heavy atom. The molecule has 0 bridgehead atoms. The van der Waals surface area contributed by atoms with E-state index in [2.05, 4.69) is 13.8 Å². The molecule has 0 radical (unpaired) electrons. The number of methoxy groups -OCH3 is 1. The van der Waals surface area contributed by atoms with Crippen molar-refractivity contribution in [1.29, 1.82) is 0 Å². The Hall–Kier alpha value is -0.0800. The summed E-state index contributed by atoms with van der Waals surface area (Å²) in [4.78, 5) is 0. The molecule has 2 nitrogen and oxygen atoms in total. The van der Waals surface area contributed by atoms with E-state index < -0.39 is 0 Å². The van der Waals surface area contributed by atoms with Gasteiger partial charge in [-0.1, -0.05) is 13.8 Å². The second kappa shape index (κ2) is 6.41. The molecular formula is C12H24O2. The smallest absolute Gasteiger partial charge is 0.0577 e. The van der Waals surface area contributed by atoms with E-state index in [1.807, 2.05) is 7.11 Å². The van der Waals surface area contributed by atoms with Gasteiger partial charge in [0.2, 0.25) is 0 Å². The first-order valence-electron chi connectivity index (χ1n) is 5.86. The van der Waals surface area contributed by atoms with Crippen LogP contribution in [-0.4, -0.2) is 25.9 Å². The third-order valence-corrected chi connectivity index (χ3v) is 3.00. The maximum Gasteiger partial charge on any atom is 0.0577 e. The molecule has 0 aromatic carbocycles. The minimum atomic E-state index is 0.486. The first-order valence-corrected chi connectivity index (χ1v) is 5.86. The van der Waals surface area contributed by atoms with Crippen LogP contribution in [0, 0.1) is 5.92 Å². The van der Waals surface area contributed by atoms with Gasteiger partial charge in [0.1, 0.15) is 0 Å². The molecule has 0 saturated heterocycles. The lowest BCUT2D eigenvalue weighted by Crippen LogP contribution is -2.26. The summed E-state index contributed by atoms with van der Waals surface area (Å²) in [5, 5.41) is 0. The molecule has 0 aromatic rings. The standard InChI is InChI=1S/C12H24O2/c1-10(2)8-9-14-12-6-4-11(13-3)5-7-12/h10-12H,4-9H2,1-3H3. The molecule has 2 heteroatoms. The molecule has 14 heavy (non-hydrogen) atoms. The lowest BCUT2D eigenvalue weighted by molar-refractivity contribution is -0.0190. The van der Waals surface area contributed by atoms with E-state index in [-0.39, 0.29) is 0 Å². The van der Waals surface area contributed by atoms with Gasteiger partial charge in [0.15, 0.2) is 0 Å². The highest BCUT2D eigenvalue weighted by Crippen LogP contribution is 2.23. The van der Waals surface area contributed by atoms with Gasteiger partial charge >= 0.3 is 0 Å². The molecule has 0 aromatic heterocycles. The molecule has 1 aliphatic rings. The third-order valence-electron chi connectivity index (χ3n) is 3.00. The highest BCUT2D eigenvalue weighted by molar-refractivity contribution is 4.72. The van der Waals surface area contributed by atoms with Gasteiger partial charge in [-0.3, -0.25) is 0 Å². The molecule has 1 fully saturated rings. The van der Waals surface area contributed by atoms with Crippen molar-refractivity contribution in [2.45, 2.75) is 58.2 Å². The third kappa shape index (κ3) is 4.43. The van der Waals surface area contributed by atoms with Crippen molar-refractivity contribution in [2.24, 2.45) is 5.92 Å². The zero-order chi connectivity index (χ0) is 10.4. The van der Waals surface area contributed by atoms with E-state index in [0.29, 0.717) is 12.2 Å². The highest BCUT2D eigenvalue weighted by atomic mass is 16.5. The number of hydrogen-bond donors (Lipinski definition) is 0. The fraction of sp³-hybridized carbons (Fsp3) is 1.00. The summed E-state index contributed by atoms with van der Waals surface area (Å²) in [7, 11) is 1.81. The van der Waals surface area contributed by atoms with Crippen molar-refractivity contribution in [1.82, 2.24) is 0 Å². The molecule has 0 aliphatic heterocycles. The van der Waals surface area contributed by atoms with Crippen LogP contribution >= 0.6 is 0 Å². The second-order valence-corrected chi connectivity index (χ2v) is 4.69. The maximum atomic E-state index is 5.83. The molecule has 0 amide bonds. The SMILES string of the molecule is COC1CCC(OCCC(C)C)CC1. The lowest BCUT2D eigenvalue weighted by atomic mass is 9.95. The molecule has 1 rings (SSSR count). The van der Waals surface area contributed by atoms with E-state index in [4.69, 9.17) is 9.47 Å². The molecule has 0 unspecified atom stereocenters. The number of hydrogen-bond acceptors (Lipinski definition) is 2. The van der Waals surface area contributed by atoms with Crippen LogP contribution in [0.15, 0.2) is 0 Å². The topological polar surface area (TPSA) is 18.5 Å². The minimum absolute atomic E-state index is 0.486. The Morgan fingerprint density at radius 2 is 1.64 bits per heavy atom. The highest BCUT2D eigenvalue weighted by Gasteiger charge is 2.20. The zero-order valence-electron chi connectivity index (χ0n) is 9.79. The predicted molar refractivity (Wildman–Crippen MR) is 58.5 cm³/mol. The van der Waals surface area contributed by atoms with E-state index >= 15 is 0 Å². The van der Waals surface area contributed by atoms with E-state index in [9.17, 15) is 0 Å². The summed E-state index contributed by atoms with van der Waals surface area (Å²) in [6, 6.07) is 0. The Kier molecular flexibility index (Phi) is 5.49. The summed E-state index contributed by atoms with van der Waals surface area (Å²) in [5.41, 5.74) is 0. The van der Waals surface area contributed by atoms with Gasteiger partial charge < -0.3 is 9.47 Å². The first-order chi connectivity index (χ1) is 6.72. The van der Waals surface area contributed by atoms with Crippen molar-refractivity contribution in [2.75, 3.05) is 13.7 Å². The number of ether oxygens (including phenoxy) is 2. The van der Waals surface area contributed by atoms with Gasteiger partial charge in [0.05, 0.1) is 12.2 Å². The van der Waals surface area contributed by atoms with Crippen LogP contribution < -0.4 is 0 Å². The molecule has 84 valence electrons. The van der Waals surface area contributed by atoms with Gasteiger partial charge in [-0.25, -0.2) is 0 Å². The Morgan fingerprint density at radius 3 is 2.14 bits per heavy atom. The monoisotopic (exact) mass is 200 g/mol. The average molecular weight is 200 g/mol. The summed E-state index contributed by atoms with van der Waals surface area (Å²) in [6.45, 7) is 5.41. The zero-order valence-corrected chi connectivity index (χ0v) is 9.79. The average Bonchev–Trinajstić information content (AvgIpc) is 2.18. The fourth-order valence-electron chi connectivity index (χ4n) is 1.91. The summed E-state index contributed by atoms with van der Waals surface area (Å²) >= 11 is 0. The van der Waals surface area contributed by atoms with Gasteiger partial charge in [-0.15, -0.1) is 0 Å². The van der Waals surface area contributed by atoms with Crippen LogP contribution in [0.3, 0.4) is 0 Å². The van der Waals surface area contributed by atoms with Crippen molar-refractivity contribution in [3.63, 3.8) is 0 Å². The van der Waals surface area contributed by atoms with Gasteiger partial charge in [-0.2, -0.15) is 0 Å². The van der Waals surface area contributed by atoms with Crippen LogP contribution in [0.4, 0.5) is 0 Å². The lowest BCUT2D eigenvalue weighted by Gasteiger charge is -2.27. The summed E-state index contributed by atoms with van der Waals surface area (Å²) in [5.74, 6) is 0.755. The summed E-state index contributed by atoms with van der Waals surface area (Å²) < 4.78 is 11.2. The molecule has 0 heterocycles.